The highest BCUT2D eigenvalue weighted by atomic mass is 16.3. The fraction of sp³-hybridized carbons (Fsp3) is 0.455. The van der Waals surface area contributed by atoms with Crippen molar-refractivity contribution < 1.29 is 5.11 Å². The molecule has 0 amide bonds. The van der Waals surface area contributed by atoms with Gasteiger partial charge in [-0.2, -0.15) is 0 Å². The summed E-state index contributed by atoms with van der Waals surface area (Å²) in [5, 5.41) is 12.8. The van der Waals surface area contributed by atoms with Crippen LogP contribution in [-0.2, 0) is 6.42 Å². The molecule has 2 unspecified atom stereocenters. The van der Waals surface area contributed by atoms with Crippen LogP contribution in [0.15, 0.2) is 18.2 Å². The van der Waals surface area contributed by atoms with Crippen molar-refractivity contribution in [3.05, 3.63) is 29.3 Å². The zero-order valence-electron chi connectivity index (χ0n) is 8.04. The molecule has 2 heteroatoms. The van der Waals surface area contributed by atoms with Gasteiger partial charge in [-0.15, -0.1) is 0 Å². The standard InChI is InChI=1S/C11H15NO/c1-7-4-3-5-10-9(7)6-11(12-10)8(2)13/h3-5,8,11-13H,6H2,1-2H3. The number of rotatable bonds is 1. The van der Waals surface area contributed by atoms with Crippen molar-refractivity contribution in [3.63, 3.8) is 0 Å². The molecule has 1 heterocycles. The normalized spacial score (nSPS) is 22.2. The highest BCUT2D eigenvalue weighted by Crippen LogP contribution is 2.29. The summed E-state index contributed by atoms with van der Waals surface area (Å²) in [6.07, 6.45) is 0.659. The Morgan fingerprint density at radius 1 is 1.54 bits per heavy atom. The highest BCUT2D eigenvalue weighted by Gasteiger charge is 2.24. The Balaban J connectivity index is 2.30. The van der Waals surface area contributed by atoms with Crippen LogP contribution < -0.4 is 5.32 Å². The molecule has 2 nitrogen and oxygen atoms in total. The first-order chi connectivity index (χ1) is 6.18. The van der Waals surface area contributed by atoms with E-state index in [0.717, 1.165) is 6.42 Å². The maximum absolute atomic E-state index is 9.45. The van der Waals surface area contributed by atoms with Crippen molar-refractivity contribution >= 4 is 5.69 Å². The molecule has 2 rings (SSSR count). The van der Waals surface area contributed by atoms with Gasteiger partial charge < -0.3 is 10.4 Å². The Morgan fingerprint density at radius 3 is 2.92 bits per heavy atom. The molecule has 0 fully saturated rings. The smallest absolute Gasteiger partial charge is 0.0716 e. The lowest BCUT2D eigenvalue weighted by Crippen LogP contribution is -2.28. The number of hydrogen-bond donors (Lipinski definition) is 2. The number of anilines is 1. The Hall–Kier alpha value is -1.02. The molecule has 1 aliphatic heterocycles. The molecule has 2 atom stereocenters. The maximum atomic E-state index is 9.45. The fourth-order valence-corrected chi connectivity index (χ4v) is 1.87. The molecule has 0 aliphatic carbocycles. The number of aryl methyl sites for hydroxylation is 1. The van der Waals surface area contributed by atoms with E-state index in [2.05, 4.69) is 24.4 Å². The second-order valence-electron chi connectivity index (χ2n) is 3.80. The molecule has 0 spiro atoms. The van der Waals surface area contributed by atoms with Gasteiger partial charge in [-0.05, 0) is 37.5 Å². The predicted octanol–water partition coefficient (Wildman–Crippen LogP) is 1.71. The van der Waals surface area contributed by atoms with Gasteiger partial charge in [-0.25, -0.2) is 0 Å². The van der Waals surface area contributed by atoms with Gasteiger partial charge in [0.05, 0.1) is 12.1 Å². The molecular formula is C11H15NO. The van der Waals surface area contributed by atoms with Crippen molar-refractivity contribution in [1.82, 2.24) is 0 Å². The second-order valence-corrected chi connectivity index (χ2v) is 3.80. The Bertz CT molecular complexity index is 320. The van der Waals surface area contributed by atoms with Crippen LogP contribution in [0.2, 0.25) is 0 Å². The van der Waals surface area contributed by atoms with Crippen molar-refractivity contribution in [1.29, 1.82) is 0 Å². The van der Waals surface area contributed by atoms with Crippen LogP contribution in [0.25, 0.3) is 0 Å². The molecule has 1 aromatic rings. The van der Waals surface area contributed by atoms with Gasteiger partial charge in [0.2, 0.25) is 0 Å². The van der Waals surface area contributed by atoms with Crippen molar-refractivity contribution in [2.24, 2.45) is 0 Å². The van der Waals surface area contributed by atoms with E-state index >= 15 is 0 Å². The van der Waals surface area contributed by atoms with Crippen LogP contribution in [-0.4, -0.2) is 17.3 Å². The molecule has 1 aromatic carbocycles. The number of fused-ring (bicyclic) bond motifs is 1. The zero-order chi connectivity index (χ0) is 9.42. The molecule has 0 aromatic heterocycles. The maximum Gasteiger partial charge on any atom is 0.0716 e. The Kier molecular flexibility index (Phi) is 2.00. The summed E-state index contributed by atoms with van der Waals surface area (Å²) in [7, 11) is 0. The van der Waals surface area contributed by atoms with E-state index in [4.69, 9.17) is 0 Å². The predicted molar refractivity (Wildman–Crippen MR) is 54.0 cm³/mol. The van der Waals surface area contributed by atoms with Crippen LogP contribution in [0.4, 0.5) is 5.69 Å². The van der Waals surface area contributed by atoms with E-state index < -0.39 is 0 Å². The lowest BCUT2D eigenvalue weighted by molar-refractivity contribution is 0.174. The van der Waals surface area contributed by atoms with Gasteiger partial charge in [0.15, 0.2) is 0 Å². The summed E-state index contributed by atoms with van der Waals surface area (Å²) in [6.45, 7) is 3.95. The second kappa shape index (κ2) is 3.04. The average molecular weight is 177 g/mol. The quantitative estimate of drug-likeness (QED) is 0.684. The van der Waals surface area contributed by atoms with Gasteiger partial charge in [0.1, 0.15) is 0 Å². The number of nitrogens with one attached hydrogen (secondary N) is 1. The minimum atomic E-state index is -0.285. The first-order valence-electron chi connectivity index (χ1n) is 4.71. The third-order valence-corrected chi connectivity index (χ3v) is 2.76. The zero-order valence-corrected chi connectivity index (χ0v) is 8.04. The molecule has 70 valence electrons. The van der Waals surface area contributed by atoms with E-state index in [1.165, 1.54) is 16.8 Å². The van der Waals surface area contributed by atoms with Gasteiger partial charge in [-0.1, -0.05) is 12.1 Å². The van der Waals surface area contributed by atoms with E-state index in [1.807, 2.05) is 13.0 Å². The molecule has 0 radical (unpaired) electrons. The lowest BCUT2D eigenvalue weighted by Gasteiger charge is -2.13. The number of hydrogen-bond acceptors (Lipinski definition) is 2. The van der Waals surface area contributed by atoms with Crippen LogP contribution >= 0.6 is 0 Å². The summed E-state index contributed by atoms with van der Waals surface area (Å²) in [5.74, 6) is 0. The molecule has 13 heavy (non-hydrogen) atoms. The van der Waals surface area contributed by atoms with Crippen molar-refractivity contribution in [2.45, 2.75) is 32.4 Å². The first kappa shape index (κ1) is 8.57. The SMILES string of the molecule is Cc1cccc2c1CC(C(C)O)N2. The third kappa shape index (κ3) is 1.42. The van der Waals surface area contributed by atoms with Crippen LogP contribution in [0.3, 0.4) is 0 Å². The largest absolute Gasteiger partial charge is 0.391 e. The van der Waals surface area contributed by atoms with Gasteiger partial charge in [-0.3, -0.25) is 0 Å². The van der Waals surface area contributed by atoms with Crippen molar-refractivity contribution in [3.8, 4) is 0 Å². The van der Waals surface area contributed by atoms with Crippen LogP contribution in [0.1, 0.15) is 18.1 Å². The molecular weight excluding hydrogens is 162 g/mol. The summed E-state index contributed by atoms with van der Waals surface area (Å²) < 4.78 is 0. The van der Waals surface area contributed by atoms with Gasteiger partial charge in [0, 0.05) is 5.69 Å². The van der Waals surface area contributed by atoms with E-state index in [1.54, 1.807) is 0 Å². The fourth-order valence-electron chi connectivity index (χ4n) is 1.87. The average Bonchev–Trinajstić information content (AvgIpc) is 2.49. The first-order valence-corrected chi connectivity index (χ1v) is 4.71. The minimum Gasteiger partial charge on any atom is -0.391 e. The topological polar surface area (TPSA) is 32.3 Å². The molecule has 0 bridgehead atoms. The Morgan fingerprint density at radius 2 is 2.31 bits per heavy atom. The molecule has 0 saturated carbocycles. The van der Waals surface area contributed by atoms with Crippen LogP contribution in [0.5, 0.6) is 0 Å². The van der Waals surface area contributed by atoms with Crippen LogP contribution in [0, 0.1) is 6.92 Å². The monoisotopic (exact) mass is 177 g/mol. The molecule has 0 saturated heterocycles. The molecule has 2 N–H and O–H groups in total. The molecule has 1 aliphatic rings. The van der Waals surface area contributed by atoms with Crippen molar-refractivity contribution in [2.75, 3.05) is 5.32 Å². The van der Waals surface area contributed by atoms with Gasteiger partial charge >= 0.3 is 0 Å². The van der Waals surface area contributed by atoms with E-state index in [0.29, 0.717) is 0 Å². The van der Waals surface area contributed by atoms with E-state index in [9.17, 15) is 5.11 Å². The summed E-state index contributed by atoms with van der Waals surface area (Å²) >= 11 is 0. The van der Waals surface area contributed by atoms with Gasteiger partial charge in [0.25, 0.3) is 0 Å². The summed E-state index contributed by atoms with van der Waals surface area (Å²) in [4.78, 5) is 0. The third-order valence-electron chi connectivity index (χ3n) is 2.76. The highest BCUT2D eigenvalue weighted by molar-refractivity contribution is 5.59. The number of aliphatic hydroxyl groups excluding tert-OH is 1. The van der Waals surface area contributed by atoms with E-state index in [-0.39, 0.29) is 12.1 Å². The minimum absolute atomic E-state index is 0.191. The lowest BCUT2D eigenvalue weighted by atomic mass is 10.0. The number of benzene rings is 1. The Labute approximate surface area is 78.6 Å². The number of aliphatic hydroxyl groups is 1. The summed E-state index contributed by atoms with van der Waals surface area (Å²) in [5.41, 5.74) is 3.85. The summed E-state index contributed by atoms with van der Waals surface area (Å²) in [6, 6.07) is 6.43.